The van der Waals surface area contributed by atoms with Crippen LogP contribution in [-0.4, -0.2) is 27.7 Å². The van der Waals surface area contributed by atoms with Gasteiger partial charge < -0.3 is 11.1 Å². The molecule has 1 unspecified atom stereocenters. The molecule has 6 heteroatoms. The lowest BCUT2D eigenvalue weighted by Crippen LogP contribution is -2.29. The topological polar surface area (TPSA) is 68.2 Å². The van der Waals surface area contributed by atoms with Crippen LogP contribution in [0.15, 0.2) is 16.7 Å². The monoisotopic (exact) mass is 335 g/mol. The summed E-state index contributed by atoms with van der Waals surface area (Å²) < 4.78 is 2.56. The van der Waals surface area contributed by atoms with Gasteiger partial charge in [-0.25, -0.2) is 4.98 Å². The smallest absolute Gasteiger partial charge is 0.164 e. The molecular formula is C14H18BrN5. The van der Waals surface area contributed by atoms with Crippen LogP contribution in [0.3, 0.4) is 0 Å². The molecule has 1 aliphatic heterocycles. The SMILES string of the molecule is C/C=C\c1cnn2c(N)c(Br)c(C3CCCNC3)nc12. The molecule has 1 atom stereocenters. The highest BCUT2D eigenvalue weighted by atomic mass is 79.9. The normalized spacial score (nSPS) is 20.0. The van der Waals surface area contributed by atoms with Gasteiger partial charge in [-0.15, -0.1) is 0 Å². The molecule has 2 aromatic heterocycles. The first-order valence-corrected chi connectivity index (χ1v) is 7.67. The van der Waals surface area contributed by atoms with Crippen molar-refractivity contribution in [2.24, 2.45) is 0 Å². The summed E-state index contributed by atoms with van der Waals surface area (Å²) in [4.78, 5) is 4.82. The standard InChI is InChI=1S/C14H18BrN5/c1-2-4-10-8-18-20-13(16)11(15)12(19-14(10)20)9-5-3-6-17-7-9/h2,4,8-9,17H,3,5-7,16H2,1H3/b4-2-. The number of nitrogens with two attached hydrogens (primary N) is 1. The largest absolute Gasteiger partial charge is 0.383 e. The van der Waals surface area contributed by atoms with Crippen molar-refractivity contribution in [3.8, 4) is 0 Å². The first-order chi connectivity index (χ1) is 9.72. The lowest BCUT2D eigenvalue weighted by atomic mass is 9.96. The predicted octanol–water partition coefficient (Wildman–Crippen LogP) is 2.57. The summed E-state index contributed by atoms with van der Waals surface area (Å²) in [5.41, 5.74) is 9.06. The van der Waals surface area contributed by atoms with Gasteiger partial charge in [0.1, 0.15) is 5.82 Å². The number of nitrogens with zero attached hydrogens (tertiary/aromatic N) is 3. The van der Waals surface area contributed by atoms with Gasteiger partial charge in [-0.05, 0) is 42.2 Å². The third-order valence-electron chi connectivity index (χ3n) is 3.71. The molecule has 0 amide bonds. The van der Waals surface area contributed by atoms with Crippen molar-refractivity contribution in [3.05, 3.63) is 28.0 Å². The second kappa shape index (κ2) is 5.54. The van der Waals surface area contributed by atoms with Gasteiger partial charge in [0.2, 0.25) is 0 Å². The van der Waals surface area contributed by atoms with E-state index in [1.54, 1.807) is 10.7 Å². The third kappa shape index (κ3) is 2.23. The van der Waals surface area contributed by atoms with Crippen molar-refractivity contribution in [2.75, 3.05) is 18.8 Å². The van der Waals surface area contributed by atoms with Crippen LogP contribution in [0.4, 0.5) is 5.82 Å². The average Bonchev–Trinajstić information content (AvgIpc) is 2.87. The van der Waals surface area contributed by atoms with Gasteiger partial charge in [0.05, 0.1) is 16.4 Å². The molecule has 0 spiro atoms. The molecule has 3 N–H and O–H groups in total. The molecule has 2 aromatic rings. The Hall–Kier alpha value is -1.40. The third-order valence-corrected chi connectivity index (χ3v) is 4.52. The zero-order valence-electron chi connectivity index (χ0n) is 11.4. The Kier molecular flexibility index (Phi) is 3.76. The fourth-order valence-corrected chi connectivity index (χ4v) is 3.26. The summed E-state index contributed by atoms with van der Waals surface area (Å²) in [5, 5.41) is 7.74. The number of rotatable bonds is 2. The van der Waals surface area contributed by atoms with E-state index in [1.165, 1.54) is 6.42 Å². The maximum atomic E-state index is 6.20. The quantitative estimate of drug-likeness (QED) is 0.884. The summed E-state index contributed by atoms with van der Waals surface area (Å²) >= 11 is 3.59. The minimum absolute atomic E-state index is 0.402. The van der Waals surface area contributed by atoms with E-state index in [4.69, 9.17) is 10.7 Å². The zero-order valence-corrected chi connectivity index (χ0v) is 13.0. The fourth-order valence-electron chi connectivity index (χ4n) is 2.68. The molecule has 0 aliphatic carbocycles. The first kappa shape index (κ1) is 13.6. The van der Waals surface area contributed by atoms with Gasteiger partial charge in [-0.1, -0.05) is 12.2 Å². The molecule has 106 valence electrons. The molecular weight excluding hydrogens is 318 g/mol. The predicted molar refractivity (Wildman–Crippen MR) is 84.7 cm³/mol. The molecule has 1 saturated heterocycles. The van der Waals surface area contributed by atoms with Crippen LogP contribution in [0.25, 0.3) is 11.7 Å². The number of aromatic nitrogens is 3. The van der Waals surface area contributed by atoms with E-state index in [0.29, 0.717) is 11.7 Å². The van der Waals surface area contributed by atoms with Crippen molar-refractivity contribution >= 4 is 33.5 Å². The Bertz CT molecular complexity index is 655. The highest BCUT2D eigenvalue weighted by Crippen LogP contribution is 2.33. The molecule has 3 rings (SSSR count). The number of piperidine rings is 1. The van der Waals surface area contributed by atoms with Crippen molar-refractivity contribution in [1.29, 1.82) is 0 Å². The molecule has 1 aliphatic rings. The zero-order chi connectivity index (χ0) is 14.1. The minimum Gasteiger partial charge on any atom is -0.383 e. The Balaban J connectivity index is 2.16. The molecule has 0 bridgehead atoms. The highest BCUT2D eigenvalue weighted by molar-refractivity contribution is 9.10. The van der Waals surface area contributed by atoms with Crippen LogP contribution < -0.4 is 11.1 Å². The number of halogens is 1. The van der Waals surface area contributed by atoms with Crippen LogP contribution in [-0.2, 0) is 0 Å². The first-order valence-electron chi connectivity index (χ1n) is 6.88. The van der Waals surface area contributed by atoms with Gasteiger partial charge in [0, 0.05) is 18.0 Å². The Labute approximate surface area is 126 Å². The van der Waals surface area contributed by atoms with Crippen LogP contribution >= 0.6 is 15.9 Å². The number of allylic oxidation sites excluding steroid dienone is 1. The summed E-state index contributed by atoms with van der Waals surface area (Å²) in [7, 11) is 0. The number of anilines is 1. The Morgan fingerprint density at radius 3 is 3.10 bits per heavy atom. The molecule has 0 saturated carbocycles. The van der Waals surface area contributed by atoms with Crippen molar-refractivity contribution < 1.29 is 0 Å². The van der Waals surface area contributed by atoms with E-state index in [2.05, 4.69) is 26.3 Å². The van der Waals surface area contributed by atoms with Crippen molar-refractivity contribution in [3.63, 3.8) is 0 Å². The van der Waals surface area contributed by atoms with E-state index >= 15 is 0 Å². The lowest BCUT2D eigenvalue weighted by Gasteiger charge is -2.23. The summed E-state index contributed by atoms with van der Waals surface area (Å²) in [6, 6.07) is 0. The van der Waals surface area contributed by atoms with Gasteiger partial charge >= 0.3 is 0 Å². The second-order valence-corrected chi connectivity index (χ2v) is 5.87. The second-order valence-electron chi connectivity index (χ2n) is 5.07. The van der Waals surface area contributed by atoms with Crippen LogP contribution in [0.1, 0.15) is 36.9 Å². The minimum atomic E-state index is 0.402. The molecule has 3 heterocycles. The maximum absolute atomic E-state index is 6.20. The number of hydrogen-bond donors (Lipinski definition) is 2. The molecule has 0 radical (unpaired) electrons. The van der Waals surface area contributed by atoms with Gasteiger partial charge in [-0.3, -0.25) is 0 Å². The molecule has 1 fully saturated rings. The van der Waals surface area contributed by atoms with Crippen LogP contribution in [0.2, 0.25) is 0 Å². The number of nitrogen functional groups attached to an aromatic ring is 1. The summed E-state index contributed by atoms with van der Waals surface area (Å²) in [5.74, 6) is 1.02. The molecule has 5 nitrogen and oxygen atoms in total. The van der Waals surface area contributed by atoms with Gasteiger partial charge in [0.15, 0.2) is 5.65 Å². The number of hydrogen-bond acceptors (Lipinski definition) is 4. The number of nitrogens with one attached hydrogen (secondary N) is 1. The lowest BCUT2D eigenvalue weighted by molar-refractivity contribution is 0.453. The maximum Gasteiger partial charge on any atom is 0.164 e. The van der Waals surface area contributed by atoms with E-state index in [9.17, 15) is 0 Å². The Morgan fingerprint density at radius 2 is 2.40 bits per heavy atom. The summed E-state index contributed by atoms with van der Waals surface area (Å²) in [6.07, 6.45) is 8.10. The highest BCUT2D eigenvalue weighted by Gasteiger charge is 2.23. The van der Waals surface area contributed by atoms with Crippen molar-refractivity contribution in [2.45, 2.75) is 25.7 Å². The molecule has 20 heavy (non-hydrogen) atoms. The van der Waals surface area contributed by atoms with E-state index in [-0.39, 0.29) is 0 Å². The van der Waals surface area contributed by atoms with Crippen LogP contribution in [0, 0.1) is 0 Å². The Morgan fingerprint density at radius 1 is 1.55 bits per heavy atom. The van der Waals surface area contributed by atoms with Gasteiger partial charge in [-0.2, -0.15) is 9.61 Å². The average molecular weight is 336 g/mol. The molecule has 0 aromatic carbocycles. The van der Waals surface area contributed by atoms with E-state index < -0.39 is 0 Å². The van der Waals surface area contributed by atoms with E-state index in [1.807, 2.05) is 19.1 Å². The van der Waals surface area contributed by atoms with Crippen LogP contribution in [0.5, 0.6) is 0 Å². The number of fused-ring (bicyclic) bond motifs is 1. The fraction of sp³-hybridized carbons (Fsp3) is 0.429. The van der Waals surface area contributed by atoms with E-state index in [0.717, 1.165) is 40.9 Å². The summed E-state index contributed by atoms with van der Waals surface area (Å²) in [6.45, 7) is 4.02. The van der Waals surface area contributed by atoms with Crippen molar-refractivity contribution in [1.82, 2.24) is 19.9 Å². The van der Waals surface area contributed by atoms with Gasteiger partial charge in [0.25, 0.3) is 0 Å².